The summed E-state index contributed by atoms with van der Waals surface area (Å²) < 4.78 is 4.92. The van der Waals surface area contributed by atoms with Crippen LogP contribution in [0.3, 0.4) is 0 Å². The van der Waals surface area contributed by atoms with Gasteiger partial charge < -0.3 is 4.74 Å². The lowest BCUT2D eigenvalue weighted by Gasteiger charge is -2.55. The van der Waals surface area contributed by atoms with Crippen LogP contribution in [0.5, 0.6) is 0 Å². The van der Waals surface area contributed by atoms with Crippen molar-refractivity contribution in [3.8, 4) is 0 Å². The highest BCUT2D eigenvalue weighted by Gasteiger charge is 2.59. The molecule has 1 aliphatic carbocycles. The molecule has 0 saturated heterocycles. The van der Waals surface area contributed by atoms with Crippen LogP contribution in [0.1, 0.15) is 36.1 Å². The van der Waals surface area contributed by atoms with Gasteiger partial charge >= 0.3 is 5.97 Å². The Labute approximate surface area is 134 Å². The minimum atomic E-state index is -0.345. The average molecular weight is 310 g/mol. The van der Waals surface area contributed by atoms with Crippen molar-refractivity contribution < 1.29 is 9.53 Å². The predicted octanol–water partition coefficient (Wildman–Crippen LogP) is 3.86. The van der Waals surface area contributed by atoms with E-state index in [1.165, 1.54) is 29.4 Å². The molecule has 22 heavy (non-hydrogen) atoms. The highest BCUT2D eigenvalue weighted by molar-refractivity contribution is 8.01. The molecule has 1 unspecified atom stereocenters. The molecule has 2 bridgehead atoms. The van der Waals surface area contributed by atoms with E-state index in [4.69, 9.17) is 4.74 Å². The van der Waals surface area contributed by atoms with E-state index in [0.717, 1.165) is 0 Å². The number of methoxy groups -OCH3 is 1. The summed E-state index contributed by atoms with van der Waals surface area (Å²) in [5.74, 6) is -0.136. The third kappa shape index (κ3) is 1.45. The zero-order valence-corrected chi connectivity index (χ0v) is 13.7. The Morgan fingerprint density at radius 2 is 1.41 bits per heavy atom. The van der Waals surface area contributed by atoms with Gasteiger partial charge in [0.1, 0.15) is 5.25 Å². The van der Waals surface area contributed by atoms with Crippen LogP contribution in [0.25, 0.3) is 0 Å². The van der Waals surface area contributed by atoms with Gasteiger partial charge in [-0.1, -0.05) is 48.5 Å². The quantitative estimate of drug-likeness (QED) is 0.748. The topological polar surface area (TPSA) is 26.3 Å². The molecule has 2 heterocycles. The summed E-state index contributed by atoms with van der Waals surface area (Å²) in [5.41, 5.74) is 4.81. The largest absolute Gasteiger partial charge is 0.468 e. The van der Waals surface area contributed by atoms with Gasteiger partial charge in [0.15, 0.2) is 0 Å². The molecule has 0 amide bonds. The van der Waals surface area contributed by atoms with Gasteiger partial charge in [0.2, 0.25) is 0 Å². The third-order valence-electron chi connectivity index (χ3n) is 5.29. The van der Waals surface area contributed by atoms with Crippen molar-refractivity contribution in [3.63, 3.8) is 0 Å². The van der Waals surface area contributed by atoms with Gasteiger partial charge in [0, 0.05) is 5.41 Å². The lowest BCUT2D eigenvalue weighted by molar-refractivity contribution is -0.141. The summed E-state index contributed by atoms with van der Waals surface area (Å²) in [6.45, 7) is 4.40. The summed E-state index contributed by atoms with van der Waals surface area (Å²) in [6, 6.07) is 17.0. The van der Waals surface area contributed by atoms with Gasteiger partial charge in [0.25, 0.3) is 0 Å². The van der Waals surface area contributed by atoms with E-state index >= 15 is 0 Å². The van der Waals surface area contributed by atoms with Gasteiger partial charge in [-0.15, -0.1) is 11.8 Å². The molecule has 2 aromatic carbocycles. The second-order valence-electron chi connectivity index (χ2n) is 6.35. The van der Waals surface area contributed by atoms with Crippen molar-refractivity contribution >= 4 is 17.7 Å². The van der Waals surface area contributed by atoms with Crippen LogP contribution < -0.4 is 0 Å². The monoisotopic (exact) mass is 310 g/mol. The van der Waals surface area contributed by atoms with E-state index < -0.39 is 0 Å². The zero-order chi connectivity index (χ0) is 15.5. The fourth-order valence-electron chi connectivity index (χ4n) is 4.15. The number of hydrogen-bond donors (Lipinski definition) is 0. The number of carbonyl (C=O) groups is 1. The number of benzene rings is 2. The Morgan fingerprint density at radius 3 is 1.86 bits per heavy atom. The van der Waals surface area contributed by atoms with Crippen LogP contribution >= 0.6 is 11.8 Å². The van der Waals surface area contributed by atoms with Crippen molar-refractivity contribution in [1.29, 1.82) is 0 Å². The van der Waals surface area contributed by atoms with E-state index in [1.54, 1.807) is 11.8 Å². The minimum Gasteiger partial charge on any atom is -0.468 e. The van der Waals surface area contributed by atoms with E-state index in [1.807, 2.05) is 0 Å². The van der Waals surface area contributed by atoms with Crippen molar-refractivity contribution in [1.82, 2.24) is 0 Å². The molecule has 0 spiro atoms. The molecule has 0 aromatic heterocycles. The fraction of sp³-hybridized carbons (Fsp3) is 0.316. The average Bonchev–Trinajstić information content (AvgIpc) is 2.57. The zero-order valence-electron chi connectivity index (χ0n) is 12.9. The molecule has 0 fully saturated rings. The van der Waals surface area contributed by atoms with E-state index in [2.05, 4.69) is 62.4 Å². The molecule has 2 aromatic rings. The number of rotatable bonds is 1. The Morgan fingerprint density at radius 1 is 0.955 bits per heavy atom. The van der Waals surface area contributed by atoms with E-state index in [0.29, 0.717) is 0 Å². The molecule has 3 aliphatic rings. The summed E-state index contributed by atoms with van der Waals surface area (Å²) in [7, 11) is 1.48. The maximum absolute atomic E-state index is 12.5. The van der Waals surface area contributed by atoms with Crippen LogP contribution in [0.4, 0.5) is 0 Å². The Kier molecular flexibility index (Phi) is 2.77. The molecule has 2 nitrogen and oxygen atoms in total. The van der Waals surface area contributed by atoms with Gasteiger partial charge in [-0.05, 0) is 36.1 Å². The Bertz CT molecular complexity index is 733. The smallest absolute Gasteiger partial charge is 0.320 e. The SMILES string of the molecule is COC(=O)C1SC2(C)c3ccccc3C1(C)c1ccccc12. The summed E-state index contributed by atoms with van der Waals surface area (Å²) in [6.07, 6.45) is 0. The van der Waals surface area contributed by atoms with E-state index in [-0.39, 0.29) is 21.4 Å². The number of hydrogen-bond acceptors (Lipinski definition) is 3. The molecule has 0 N–H and O–H groups in total. The summed E-state index contributed by atoms with van der Waals surface area (Å²) in [5, 5.41) is -0.215. The summed E-state index contributed by atoms with van der Waals surface area (Å²) >= 11 is 1.73. The Balaban J connectivity index is 2.10. The normalized spacial score (nSPS) is 31.3. The molecular formula is C19H18O2S. The summed E-state index contributed by atoms with van der Waals surface area (Å²) in [4.78, 5) is 12.5. The first kappa shape index (κ1) is 13.9. The third-order valence-corrected chi connectivity index (χ3v) is 7.11. The van der Waals surface area contributed by atoms with Crippen molar-refractivity contribution in [2.45, 2.75) is 29.3 Å². The van der Waals surface area contributed by atoms with Crippen molar-refractivity contribution in [3.05, 3.63) is 70.8 Å². The number of fused-ring (bicyclic) bond motifs is 1. The standard InChI is InChI=1S/C19H18O2S/c1-18-12-8-4-6-10-14(12)19(2,22-16(18)17(20)21-3)15-11-7-5-9-13(15)18/h4-11,16H,1-3H3. The lowest BCUT2D eigenvalue weighted by atomic mass is 9.62. The van der Waals surface area contributed by atoms with Crippen molar-refractivity contribution in [2.24, 2.45) is 0 Å². The first-order chi connectivity index (χ1) is 10.5. The van der Waals surface area contributed by atoms with Gasteiger partial charge in [0.05, 0.1) is 11.9 Å². The van der Waals surface area contributed by atoms with Crippen LogP contribution in [-0.4, -0.2) is 18.3 Å². The second kappa shape index (κ2) is 4.39. The molecule has 112 valence electrons. The highest BCUT2D eigenvalue weighted by Crippen LogP contribution is 2.64. The maximum atomic E-state index is 12.5. The molecule has 0 saturated carbocycles. The second-order valence-corrected chi connectivity index (χ2v) is 7.87. The molecule has 0 radical (unpaired) electrons. The van der Waals surface area contributed by atoms with Crippen LogP contribution in [0.15, 0.2) is 48.5 Å². The van der Waals surface area contributed by atoms with Crippen LogP contribution in [-0.2, 0) is 19.7 Å². The van der Waals surface area contributed by atoms with Crippen LogP contribution in [0.2, 0.25) is 0 Å². The van der Waals surface area contributed by atoms with Gasteiger partial charge in [-0.2, -0.15) is 0 Å². The van der Waals surface area contributed by atoms with Gasteiger partial charge in [-0.25, -0.2) is 0 Å². The first-order valence-corrected chi connectivity index (χ1v) is 8.37. The minimum absolute atomic E-state index is 0.136. The number of esters is 1. The molecular weight excluding hydrogens is 292 g/mol. The molecule has 2 aliphatic heterocycles. The number of thioether (sulfide) groups is 1. The predicted molar refractivity (Wildman–Crippen MR) is 89.2 cm³/mol. The first-order valence-electron chi connectivity index (χ1n) is 7.49. The van der Waals surface area contributed by atoms with Gasteiger partial charge in [-0.3, -0.25) is 4.79 Å². The van der Waals surface area contributed by atoms with Crippen molar-refractivity contribution in [2.75, 3.05) is 7.11 Å². The van der Waals surface area contributed by atoms with E-state index in [9.17, 15) is 4.79 Å². The lowest BCUT2D eigenvalue weighted by Crippen LogP contribution is -2.54. The molecule has 5 rings (SSSR count). The fourth-order valence-corrected chi connectivity index (χ4v) is 5.91. The number of carbonyl (C=O) groups excluding carboxylic acids is 1. The molecule has 1 atom stereocenters. The molecule has 3 heteroatoms. The number of ether oxygens (including phenoxy) is 1. The maximum Gasteiger partial charge on any atom is 0.320 e. The van der Waals surface area contributed by atoms with Crippen LogP contribution in [0, 0.1) is 0 Å². The Hall–Kier alpha value is -1.74. The highest BCUT2D eigenvalue weighted by atomic mass is 32.2.